The zero-order valence-electron chi connectivity index (χ0n) is 11.8. The molecule has 0 heterocycles. The fourth-order valence-corrected chi connectivity index (χ4v) is 2.32. The standard InChI is InChI=1S/C16H15Cl2NO3/c1-22-11-5-2-4-10(8-11)14(20)9-19-16(21)12-6-3-7-13(17)15(12)18/h2-8,14,20H,9H2,1H3,(H,19,21). The van der Waals surface area contributed by atoms with Crippen molar-refractivity contribution in [3.05, 3.63) is 63.6 Å². The van der Waals surface area contributed by atoms with E-state index >= 15 is 0 Å². The van der Waals surface area contributed by atoms with Crippen molar-refractivity contribution in [1.82, 2.24) is 5.32 Å². The highest BCUT2D eigenvalue weighted by Crippen LogP contribution is 2.25. The second-order valence-electron chi connectivity index (χ2n) is 4.60. The second kappa shape index (κ2) is 7.49. The van der Waals surface area contributed by atoms with Crippen LogP contribution in [0.4, 0.5) is 0 Å². The van der Waals surface area contributed by atoms with E-state index in [0.717, 1.165) is 0 Å². The Labute approximate surface area is 138 Å². The van der Waals surface area contributed by atoms with Crippen LogP contribution in [-0.2, 0) is 0 Å². The smallest absolute Gasteiger partial charge is 0.252 e. The topological polar surface area (TPSA) is 58.6 Å². The first-order valence-electron chi connectivity index (χ1n) is 6.57. The summed E-state index contributed by atoms with van der Waals surface area (Å²) >= 11 is 11.9. The van der Waals surface area contributed by atoms with E-state index < -0.39 is 12.0 Å². The Bertz CT molecular complexity index is 676. The number of carbonyl (C=O) groups is 1. The molecular formula is C16H15Cl2NO3. The summed E-state index contributed by atoms with van der Waals surface area (Å²) in [6.07, 6.45) is -0.850. The van der Waals surface area contributed by atoms with Gasteiger partial charge in [0.1, 0.15) is 5.75 Å². The first kappa shape index (κ1) is 16.6. The number of hydrogen-bond acceptors (Lipinski definition) is 3. The van der Waals surface area contributed by atoms with Crippen molar-refractivity contribution in [2.75, 3.05) is 13.7 Å². The highest BCUT2D eigenvalue weighted by Gasteiger charge is 2.15. The van der Waals surface area contributed by atoms with Gasteiger partial charge in [-0.1, -0.05) is 41.4 Å². The Morgan fingerprint density at radius 2 is 2.00 bits per heavy atom. The van der Waals surface area contributed by atoms with E-state index in [-0.39, 0.29) is 17.1 Å². The van der Waals surface area contributed by atoms with Gasteiger partial charge in [-0.25, -0.2) is 0 Å². The molecule has 0 aliphatic carbocycles. The van der Waals surface area contributed by atoms with Gasteiger partial charge >= 0.3 is 0 Å². The number of halogens is 2. The highest BCUT2D eigenvalue weighted by molar-refractivity contribution is 6.43. The van der Waals surface area contributed by atoms with Crippen LogP contribution < -0.4 is 10.1 Å². The molecular weight excluding hydrogens is 325 g/mol. The molecule has 116 valence electrons. The van der Waals surface area contributed by atoms with Crippen molar-refractivity contribution in [3.63, 3.8) is 0 Å². The number of rotatable bonds is 5. The molecule has 2 aromatic rings. The second-order valence-corrected chi connectivity index (χ2v) is 5.39. The van der Waals surface area contributed by atoms with Crippen molar-refractivity contribution in [2.24, 2.45) is 0 Å². The normalized spacial score (nSPS) is 11.8. The molecule has 2 aromatic carbocycles. The Morgan fingerprint density at radius 3 is 2.73 bits per heavy atom. The third-order valence-electron chi connectivity index (χ3n) is 3.13. The van der Waals surface area contributed by atoms with Gasteiger partial charge in [0.05, 0.1) is 28.8 Å². The van der Waals surface area contributed by atoms with Gasteiger partial charge in [0.15, 0.2) is 0 Å². The molecule has 0 bridgehead atoms. The molecule has 22 heavy (non-hydrogen) atoms. The van der Waals surface area contributed by atoms with Gasteiger partial charge in [-0.05, 0) is 29.8 Å². The highest BCUT2D eigenvalue weighted by atomic mass is 35.5. The molecule has 0 fully saturated rings. The van der Waals surface area contributed by atoms with Gasteiger partial charge in [0, 0.05) is 6.54 Å². The molecule has 1 amide bonds. The lowest BCUT2D eigenvalue weighted by Gasteiger charge is -2.14. The zero-order valence-corrected chi connectivity index (χ0v) is 13.4. The van der Waals surface area contributed by atoms with Crippen LogP contribution in [0.1, 0.15) is 22.0 Å². The monoisotopic (exact) mass is 339 g/mol. The molecule has 0 aromatic heterocycles. The maximum absolute atomic E-state index is 12.1. The van der Waals surface area contributed by atoms with Gasteiger partial charge in [-0.15, -0.1) is 0 Å². The number of aliphatic hydroxyl groups excluding tert-OH is 1. The summed E-state index contributed by atoms with van der Waals surface area (Å²) in [4.78, 5) is 12.1. The predicted molar refractivity (Wildman–Crippen MR) is 86.7 cm³/mol. The van der Waals surface area contributed by atoms with E-state index in [1.807, 2.05) is 0 Å². The lowest BCUT2D eigenvalue weighted by molar-refractivity contribution is 0.0916. The summed E-state index contributed by atoms with van der Waals surface area (Å²) in [6, 6.07) is 11.8. The summed E-state index contributed by atoms with van der Waals surface area (Å²) in [5, 5.41) is 13.3. The number of ether oxygens (including phenoxy) is 1. The summed E-state index contributed by atoms with van der Waals surface area (Å²) in [6.45, 7) is 0.0504. The molecule has 1 unspecified atom stereocenters. The Balaban J connectivity index is 2.02. The van der Waals surface area contributed by atoms with E-state index in [2.05, 4.69) is 5.32 Å². The maximum Gasteiger partial charge on any atom is 0.252 e. The van der Waals surface area contributed by atoms with Gasteiger partial charge in [0.2, 0.25) is 0 Å². The summed E-state index contributed by atoms with van der Waals surface area (Å²) < 4.78 is 5.10. The Kier molecular flexibility index (Phi) is 5.66. The molecule has 6 heteroatoms. The van der Waals surface area contributed by atoms with Crippen LogP contribution in [0.2, 0.25) is 10.0 Å². The van der Waals surface area contributed by atoms with Crippen LogP contribution in [0.15, 0.2) is 42.5 Å². The van der Waals surface area contributed by atoms with Gasteiger partial charge in [-0.2, -0.15) is 0 Å². The van der Waals surface area contributed by atoms with Gasteiger partial charge < -0.3 is 15.2 Å². The van der Waals surface area contributed by atoms with E-state index in [1.165, 1.54) is 0 Å². The number of nitrogens with one attached hydrogen (secondary N) is 1. The van der Waals surface area contributed by atoms with E-state index in [4.69, 9.17) is 27.9 Å². The molecule has 2 N–H and O–H groups in total. The molecule has 0 saturated heterocycles. The largest absolute Gasteiger partial charge is 0.497 e. The minimum Gasteiger partial charge on any atom is -0.497 e. The van der Waals surface area contributed by atoms with E-state index in [0.29, 0.717) is 16.3 Å². The summed E-state index contributed by atoms with van der Waals surface area (Å²) in [7, 11) is 1.55. The van der Waals surface area contributed by atoms with Crippen molar-refractivity contribution in [3.8, 4) is 5.75 Å². The van der Waals surface area contributed by atoms with Crippen molar-refractivity contribution in [1.29, 1.82) is 0 Å². The SMILES string of the molecule is COc1cccc(C(O)CNC(=O)c2cccc(Cl)c2Cl)c1. The van der Waals surface area contributed by atoms with Crippen LogP contribution in [0.5, 0.6) is 5.75 Å². The minimum atomic E-state index is -0.850. The number of benzene rings is 2. The van der Waals surface area contributed by atoms with Crippen LogP contribution in [-0.4, -0.2) is 24.7 Å². The Morgan fingerprint density at radius 1 is 1.27 bits per heavy atom. The molecule has 0 aliphatic rings. The first-order valence-corrected chi connectivity index (χ1v) is 7.32. The number of hydrogen-bond donors (Lipinski definition) is 2. The number of methoxy groups -OCH3 is 1. The van der Waals surface area contributed by atoms with Gasteiger partial charge in [0.25, 0.3) is 5.91 Å². The average molecular weight is 340 g/mol. The molecule has 1 atom stereocenters. The zero-order chi connectivity index (χ0) is 16.1. The van der Waals surface area contributed by atoms with Crippen LogP contribution in [0.25, 0.3) is 0 Å². The summed E-state index contributed by atoms with van der Waals surface area (Å²) in [5.41, 5.74) is 0.920. The van der Waals surface area contributed by atoms with Gasteiger partial charge in [-0.3, -0.25) is 4.79 Å². The third kappa shape index (κ3) is 3.91. The Hall–Kier alpha value is -1.75. The number of aliphatic hydroxyl groups is 1. The fourth-order valence-electron chi connectivity index (χ4n) is 1.93. The number of amides is 1. The maximum atomic E-state index is 12.1. The molecule has 4 nitrogen and oxygen atoms in total. The fraction of sp³-hybridized carbons (Fsp3) is 0.188. The van der Waals surface area contributed by atoms with Crippen LogP contribution >= 0.6 is 23.2 Å². The predicted octanol–water partition coefficient (Wildman–Crippen LogP) is 3.47. The van der Waals surface area contributed by atoms with Crippen molar-refractivity contribution < 1.29 is 14.6 Å². The summed E-state index contributed by atoms with van der Waals surface area (Å²) in [5.74, 6) is 0.246. The quantitative estimate of drug-likeness (QED) is 0.876. The molecule has 0 aliphatic heterocycles. The third-order valence-corrected chi connectivity index (χ3v) is 3.95. The minimum absolute atomic E-state index is 0.0504. The number of carbonyl (C=O) groups excluding carboxylic acids is 1. The van der Waals surface area contributed by atoms with Crippen molar-refractivity contribution >= 4 is 29.1 Å². The van der Waals surface area contributed by atoms with Crippen LogP contribution in [0.3, 0.4) is 0 Å². The van der Waals surface area contributed by atoms with Crippen LogP contribution in [0, 0.1) is 0 Å². The molecule has 0 spiro atoms. The average Bonchev–Trinajstić information content (AvgIpc) is 2.54. The first-order chi connectivity index (χ1) is 10.5. The molecule has 2 rings (SSSR count). The molecule has 0 radical (unpaired) electrons. The lowest BCUT2D eigenvalue weighted by atomic mass is 10.1. The molecule has 0 saturated carbocycles. The lowest BCUT2D eigenvalue weighted by Crippen LogP contribution is -2.28. The van der Waals surface area contributed by atoms with E-state index in [1.54, 1.807) is 49.6 Å². The van der Waals surface area contributed by atoms with E-state index in [9.17, 15) is 9.90 Å². The van der Waals surface area contributed by atoms with Crippen molar-refractivity contribution in [2.45, 2.75) is 6.10 Å².